The van der Waals surface area contributed by atoms with Crippen LogP contribution < -0.4 is 10.0 Å². The van der Waals surface area contributed by atoms with E-state index < -0.39 is 10.0 Å². The summed E-state index contributed by atoms with van der Waals surface area (Å²) in [5.74, 6) is 1.34. The Balaban J connectivity index is 1.84. The van der Waals surface area contributed by atoms with E-state index in [1.807, 2.05) is 19.9 Å². The summed E-state index contributed by atoms with van der Waals surface area (Å²) in [6, 6.07) is 8.86. The molecule has 8 nitrogen and oxygen atoms in total. The summed E-state index contributed by atoms with van der Waals surface area (Å²) < 4.78 is 31.1. The zero-order chi connectivity index (χ0) is 21.0. The van der Waals surface area contributed by atoms with Crippen molar-refractivity contribution in [2.24, 2.45) is 0 Å². The lowest BCUT2D eigenvalue weighted by Crippen LogP contribution is -2.22. The van der Waals surface area contributed by atoms with Crippen LogP contribution in [0, 0.1) is 13.8 Å². The number of aromatic nitrogens is 2. The Morgan fingerprint density at radius 2 is 1.90 bits per heavy atom. The third-order valence-electron chi connectivity index (χ3n) is 4.38. The van der Waals surface area contributed by atoms with Gasteiger partial charge in [-0.3, -0.25) is 4.79 Å². The number of hydrogen-bond acceptors (Lipinski definition) is 7. The van der Waals surface area contributed by atoms with Gasteiger partial charge in [-0.15, -0.1) is 0 Å². The summed E-state index contributed by atoms with van der Waals surface area (Å²) in [6.45, 7) is 3.72. The molecule has 3 aromatic rings. The molecular formula is C19H22N4O4S2. The monoisotopic (exact) mass is 434 g/mol. The Labute approximate surface area is 173 Å². The van der Waals surface area contributed by atoms with Crippen molar-refractivity contribution >= 4 is 44.6 Å². The van der Waals surface area contributed by atoms with E-state index in [2.05, 4.69) is 20.0 Å². The Kier molecular flexibility index (Phi) is 6.56. The number of nitrogens with zero attached hydrogens (tertiary/aromatic N) is 2. The van der Waals surface area contributed by atoms with Gasteiger partial charge in [0.25, 0.3) is 5.91 Å². The molecule has 2 N–H and O–H groups in total. The minimum atomic E-state index is -3.25. The van der Waals surface area contributed by atoms with Crippen molar-refractivity contribution in [2.45, 2.75) is 25.4 Å². The fraction of sp³-hybridized carbons (Fsp3) is 0.316. The number of rotatable bonds is 8. The Hall–Kier alpha value is -2.43. The van der Waals surface area contributed by atoms with Crippen LogP contribution in [0.1, 0.15) is 28.1 Å². The number of anilines is 1. The highest BCUT2D eigenvalue weighted by Gasteiger charge is 2.19. The number of hydrogen-bond donors (Lipinski definition) is 2. The van der Waals surface area contributed by atoms with Crippen LogP contribution in [0.15, 0.2) is 39.9 Å². The third kappa shape index (κ3) is 5.14. The first-order valence-electron chi connectivity index (χ1n) is 8.99. The highest BCUT2D eigenvalue weighted by atomic mass is 32.2. The zero-order valence-corrected chi connectivity index (χ0v) is 18.0. The van der Waals surface area contributed by atoms with Crippen LogP contribution in [0.4, 0.5) is 5.82 Å². The van der Waals surface area contributed by atoms with Crippen molar-refractivity contribution in [3.8, 4) is 0 Å². The lowest BCUT2D eigenvalue weighted by molar-refractivity contribution is 0.102. The molecule has 0 fully saturated rings. The van der Waals surface area contributed by atoms with Gasteiger partial charge in [0.05, 0.1) is 11.1 Å². The predicted octanol–water partition coefficient (Wildman–Crippen LogP) is 3.12. The second-order valence-electron chi connectivity index (χ2n) is 6.36. The molecule has 1 amide bonds. The quantitative estimate of drug-likeness (QED) is 0.318. The van der Waals surface area contributed by atoms with Gasteiger partial charge in [-0.2, -0.15) is 4.98 Å². The normalized spacial score (nSPS) is 11.7. The summed E-state index contributed by atoms with van der Waals surface area (Å²) in [7, 11) is -1.85. The largest absolute Gasteiger partial charge is 0.443 e. The molecule has 0 bridgehead atoms. The first-order chi connectivity index (χ1) is 13.8. The topological polar surface area (TPSA) is 114 Å². The van der Waals surface area contributed by atoms with Gasteiger partial charge in [-0.05, 0) is 39.4 Å². The summed E-state index contributed by atoms with van der Waals surface area (Å²) in [4.78, 5) is 21.5. The number of sulfonamides is 1. The van der Waals surface area contributed by atoms with E-state index in [0.29, 0.717) is 45.6 Å². The average Bonchev–Trinajstić information content (AvgIpc) is 3.00. The molecule has 2 aromatic heterocycles. The Bertz CT molecular complexity index is 1130. The van der Waals surface area contributed by atoms with Gasteiger partial charge in [-0.25, -0.2) is 18.1 Å². The zero-order valence-electron chi connectivity index (χ0n) is 16.4. The van der Waals surface area contributed by atoms with Gasteiger partial charge in [0.15, 0.2) is 5.16 Å². The standard InChI is InChI=1S/C19H22N4O4S2/c1-12-13(2)27-18-15(12)16(21-17(24)14-8-5-4-6-9-14)22-19(23-18)28-10-7-11-29(25,26)20-3/h4-6,8-9,20H,7,10-11H2,1-3H3,(H,21,22,23,24). The number of nitrogens with one attached hydrogen (secondary N) is 2. The summed E-state index contributed by atoms with van der Waals surface area (Å²) in [5.41, 5.74) is 1.77. The van der Waals surface area contributed by atoms with E-state index in [1.54, 1.807) is 24.3 Å². The highest BCUT2D eigenvalue weighted by Crippen LogP contribution is 2.31. The molecule has 0 aliphatic carbocycles. The van der Waals surface area contributed by atoms with Crippen molar-refractivity contribution in [1.29, 1.82) is 0 Å². The maximum atomic E-state index is 12.6. The number of furan rings is 1. The van der Waals surface area contributed by atoms with E-state index in [1.165, 1.54) is 18.8 Å². The number of fused-ring (bicyclic) bond motifs is 1. The minimum Gasteiger partial charge on any atom is -0.443 e. The van der Waals surface area contributed by atoms with Crippen LogP contribution in [0.3, 0.4) is 0 Å². The lowest BCUT2D eigenvalue weighted by Gasteiger charge is -2.08. The Morgan fingerprint density at radius 1 is 1.17 bits per heavy atom. The van der Waals surface area contributed by atoms with Crippen molar-refractivity contribution in [3.63, 3.8) is 0 Å². The van der Waals surface area contributed by atoms with Crippen molar-refractivity contribution in [1.82, 2.24) is 14.7 Å². The maximum Gasteiger partial charge on any atom is 0.256 e. The van der Waals surface area contributed by atoms with Crippen LogP contribution in [-0.4, -0.2) is 42.8 Å². The molecule has 0 saturated carbocycles. The summed E-state index contributed by atoms with van der Waals surface area (Å²) in [6.07, 6.45) is 0.442. The van der Waals surface area contributed by atoms with Gasteiger partial charge in [0.1, 0.15) is 11.6 Å². The summed E-state index contributed by atoms with van der Waals surface area (Å²) >= 11 is 1.31. The molecule has 154 valence electrons. The van der Waals surface area contributed by atoms with Gasteiger partial charge < -0.3 is 9.73 Å². The van der Waals surface area contributed by atoms with E-state index in [9.17, 15) is 13.2 Å². The first-order valence-corrected chi connectivity index (χ1v) is 11.6. The first kappa shape index (κ1) is 21.3. The van der Waals surface area contributed by atoms with E-state index in [4.69, 9.17) is 4.42 Å². The smallest absolute Gasteiger partial charge is 0.256 e. The highest BCUT2D eigenvalue weighted by molar-refractivity contribution is 7.99. The number of carbonyl (C=O) groups is 1. The molecule has 0 aliphatic heterocycles. The molecule has 10 heteroatoms. The fourth-order valence-corrected chi connectivity index (χ4v) is 4.35. The van der Waals surface area contributed by atoms with Crippen LogP contribution in [-0.2, 0) is 10.0 Å². The molecule has 0 spiro atoms. The Morgan fingerprint density at radius 3 is 2.59 bits per heavy atom. The van der Waals surface area contributed by atoms with Gasteiger partial charge in [-0.1, -0.05) is 30.0 Å². The molecule has 0 aliphatic rings. The van der Waals surface area contributed by atoms with Gasteiger partial charge in [0, 0.05) is 16.9 Å². The van der Waals surface area contributed by atoms with E-state index in [-0.39, 0.29) is 11.7 Å². The lowest BCUT2D eigenvalue weighted by atomic mass is 10.2. The molecule has 0 atom stereocenters. The van der Waals surface area contributed by atoms with Crippen LogP contribution >= 0.6 is 11.8 Å². The summed E-state index contributed by atoms with van der Waals surface area (Å²) in [5, 5.41) is 3.92. The average molecular weight is 435 g/mol. The third-order valence-corrected chi connectivity index (χ3v) is 6.76. The molecule has 1 aromatic carbocycles. The number of amides is 1. The second-order valence-corrected chi connectivity index (χ2v) is 9.47. The SMILES string of the molecule is CNS(=O)(=O)CCCSc1nc(NC(=O)c2ccccc2)c2c(C)c(C)oc2n1. The van der Waals surface area contributed by atoms with Crippen LogP contribution in [0.2, 0.25) is 0 Å². The number of carbonyl (C=O) groups excluding carboxylic acids is 1. The number of aryl methyl sites for hydroxylation is 2. The van der Waals surface area contributed by atoms with Gasteiger partial charge >= 0.3 is 0 Å². The minimum absolute atomic E-state index is 0.0231. The van der Waals surface area contributed by atoms with Crippen LogP contribution in [0.5, 0.6) is 0 Å². The number of thioether (sulfide) groups is 1. The molecular weight excluding hydrogens is 412 g/mol. The van der Waals surface area contributed by atoms with Crippen LogP contribution in [0.25, 0.3) is 11.1 Å². The fourth-order valence-electron chi connectivity index (χ4n) is 2.67. The van der Waals surface area contributed by atoms with Crippen molar-refractivity contribution in [2.75, 3.05) is 23.9 Å². The number of benzene rings is 1. The van der Waals surface area contributed by atoms with Crippen molar-refractivity contribution < 1.29 is 17.6 Å². The second kappa shape index (κ2) is 8.93. The predicted molar refractivity (Wildman–Crippen MR) is 114 cm³/mol. The molecule has 2 heterocycles. The molecule has 3 rings (SSSR count). The van der Waals surface area contributed by atoms with E-state index >= 15 is 0 Å². The van der Waals surface area contributed by atoms with E-state index in [0.717, 1.165) is 5.56 Å². The molecule has 0 radical (unpaired) electrons. The molecule has 0 unspecified atom stereocenters. The molecule has 29 heavy (non-hydrogen) atoms. The van der Waals surface area contributed by atoms with Crippen molar-refractivity contribution in [3.05, 3.63) is 47.2 Å². The maximum absolute atomic E-state index is 12.6. The molecule has 0 saturated heterocycles. The van der Waals surface area contributed by atoms with Gasteiger partial charge in [0.2, 0.25) is 15.7 Å².